The molecule has 1 heterocycles. The summed E-state index contributed by atoms with van der Waals surface area (Å²) in [6.07, 6.45) is -1.23. The van der Waals surface area contributed by atoms with Gasteiger partial charge in [-0.25, -0.2) is 12.8 Å². The van der Waals surface area contributed by atoms with Gasteiger partial charge in [-0.3, -0.25) is 4.79 Å². The minimum Gasteiger partial charge on any atom is -0.360 e. The molecule has 1 unspecified atom stereocenters. The molecule has 126 valence electrons. The Hall–Kier alpha value is -2.45. The van der Waals surface area contributed by atoms with E-state index in [1.165, 1.54) is 0 Å². The number of sulfonamides is 1. The van der Waals surface area contributed by atoms with E-state index in [9.17, 15) is 17.6 Å². The molecule has 0 radical (unpaired) electrons. The van der Waals surface area contributed by atoms with Gasteiger partial charge in [-0.15, -0.1) is 0 Å². The zero-order valence-corrected chi connectivity index (χ0v) is 13.9. The molecular weight excluding hydrogens is 333 g/mol. The second-order valence-electron chi connectivity index (χ2n) is 5.70. The lowest BCUT2D eigenvalue weighted by molar-refractivity contribution is -0.117. The third-order valence-electron chi connectivity index (χ3n) is 3.56. The minimum atomic E-state index is -3.90. The molecule has 8 heteroatoms. The lowest BCUT2D eigenvalue weighted by Gasteiger charge is -2.27. The second kappa shape index (κ2) is 5.88. The van der Waals surface area contributed by atoms with Crippen molar-refractivity contribution in [2.75, 3.05) is 10.6 Å². The molecule has 0 saturated carbocycles. The zero-order valence-electron chi connectivity index (χ0n) is 13.1. The van der Waals surface area contributed by atoms with E-state index in [4.69, 9.17) is 0 Å². The number of amides is 1. The monoisotopic (exact) mass is 349 g/mol. The summed E-state index contributed by atoms with van der Waals surface area (Å²) in [4.78, 5) is 12.3. The van der Waals surface area contributed by atoms with Crippen molar-refractivity contribution in [2.45, 2.75) is 24.9 Å². The Morgan fingerprint density at radius 3 is 2.46 bits per heavy atom. The minimum absolute atomic E-state index is 0.0503. The number of hydrogen-bond donors (Lipinski definition) is 3. The van der Waals surface area contributed by atoms with Gasteiger partial charge in [0.25, 0.3) is 5.91 Å². The number of rotatable bonds is 2. The Balaban J connectivity index is 1.86. The molecule has 6 nitrogen and oxygen atoms in total. The number of nitrogens with one attached hydrogen (secondary N) is 3. The van der Waals surface area contributed by atoms with E-state index in [0.717, 1.165) is 29.3 Å². The van der Waals surface area contributed by atoms with Crippen LogP contribution >= 0.6 is 0 Å². The number of halogens is 1. The first-order valence-corrected chi connectivity index (χ1v) is 8.70. The summed E-state index contributed by atoms with van der Waals surface area (Å²) < 4.78 is 40.0. The van der Waals surface area contributed by atoms with E-state index in [0.29, 0.717) is 5.69 Å². The van der Waals surface area contributed by atoms with Crippen molar-refractivity contribution in [1.29, 1.82) is 0 Å². The maximum absolute atomic E-state index is 13.4. The van der Waals surface area contributed by atoms with Crippen molar-refractivity contribution in [3.05, 3.63) is 53.3 Å². The van der Waals surface area contributed by atoms with Crippen molar-refractivity contribution in [2.24, 2.45) is 0 Å². The number of hydrogen-bond acceptors (Lipinski definition) is 4. The van der Waals surface area contributed by atoms with Crippen molar-refractivity contribution >= 4 is 27.3 Å². The molecule has 3 N–H and O–H groups in total. The highest BCUT2D eigenvalue weighted by Gasteiger charge is 2.33. The third-order valence-corrected chi connectivity index (χ3v) is 5.04. The van der Waals surface area contributed by atoms with E-state index in [-0.39, 0.29) is 10.6 Å². The fourth-order valence-corrected chi connectivity index (χ4v) is 3.89. The quantitative estimate of drug-likeness (QED) is 0.775. The predicted molar refractivity (Wildman–Crippen MR) is 88.7 cm³/mol. The molecule has 0 saturated heterocycles. The van der Waals surface area contributed by atoms with Gasteiger partial charge in [0.15, 0.2) is 6.17 Å². The zero-order chi connectivity index (χ0) is 17.5. The molecule has 1 atom stereocenters. The Morgan fingerprint density at radius 2 is 1.79 bits per heavy atom. The fraction of sp³-hybridized carbons (Fsp3) is 0.188. The SMILES string of the molecule is Cc1cc(C)cc(NC(=O)C2Nc3cc(F)ccc3S(=O)(=O)N2)c1. The summed E-state index contributed by atoms with van der Waals surface area (Å²) in [7, 11) is -3.90. The summed E-state index contributed by atoms with van der Waals surface area (Å²) in [5.41, 5.74) is 2.54. The average molecular weight is 349 g/mol. The van der Waals surface area contributed by atoms with Crippen molar-refractivity contribution in [3.8, 4) is 0 Å². The summed E-state index contributed by atoms with van der Waals surface area (Å²) in [5.74, 6) is -1.18. The molecule has 1 aliphatic heterocycles. The topological polar surface area (TPSA) is 87.3 Å². The van der Waals surface area contributed by atoms with E-state index in [2.05, 4.69) is 15.4 Å². The molecule has 0 aliphatic carbocycles. The van der Waals surface area contributed by atoms with Crippen LogP contribution in [0.1, 0.15) is 11.1 Å². The van der Waals surface area contributed by atoms with Crippen molar-refractivity contribution < 1.29 is 17.6 Å². The van der Waals surface area contributed by atoms with E-state index in [1.54, 1.807) is 12.1 Å². The van der Waals surface area contributed by atoms with Crippen LogP contribution in [0.3, 0.4) is 0 Å². The van der Waals surface area contributed by atoms with Gasteiger partial charge in [-0.05, 0) is 55.3 Å². The first kappa shape index (κ1) is 16.4. The molecule has 0 bridgehead atoms. The van der Waals surface area contributed by atoms with E-state index < -0.39 is 27.9 Å². The van der Waals surface area contributed by atoms with E-state index in [1.807, 2.05) is 19.9 Å². The molecule has 24 heavy (non-hydrogen) atoms. The van der Waals surface area contributed by atoms with Crippen LogP contribution in [0.5, 0.6) is 0 Å². The van der Waals surface area contributed by atoms with Gasteiger partial charge in [0.2, 0.25) is 10.0 Å². The largest absolute Gasteiger partial charge is 0.360 e. The summed E-state index contributed by atoms with van der Waals surface area (Å²) in [5, 5.41) is 5.35. The molecule has 0 aromatic heterocycles. The molecule has 2 aromatic carbocycles. The van der Waals surface area contributed by atoms with Crippen LogP contribution in [0, 0.1) is 19.7 Å². The number of carbonyl (C=O) groups is 1. The number of benzene rings is 2. The summed E-state index contributed by atoms with van der Waals surface area (Å²) in [6, 6.07) is 8.75. The highest BCUT2D eigenvalue weighted by molar-refractivity contribution is 7.89. The molecular formula is C16H16FN3O3S. The maximum atomic E-state index is 13.4. The van der Waals surface area contributed by atoms with Gasteiger partial charge in [-0.2, -0.15) is 4.72 Å². The van der Waals surface area contributed by atoms with Gasteiger partial charge >= 0.3 is 0 Å². The second-order valence-corrected chi connectivity index (χ2v) is 7.39. The van der Waals surface area contributed by atoms with Gasteiger partial charge < -0.3 is 10.6 Å². The van der Waals surface area contributed by atoms with Crippen LogP contribution in [0.25, 0.3) is 0 Å². The standard InChI is InChI=1S/C16H16FN3O3S/c1-9-5-10(2)7-12(6-9)18-16(21)15-19-13-8-11(17)3-4-14(13)24(22,23)20-15/h3-8,15,19-20H,1-2H3,(H,18,21). The Labute approximate surface area is 139 Å². The van der Waals surface area contributed by atoms with Crippen molar-refractivity contribution in [3.63, 3.8) is 0 Å². The number of fused-ring (bicyclic) bond motifs is 1. The smallest absolute Gasteiger partial charge is 0.262 e. The Bertz CT molecular complexity index is 908. The molecule has 0 fully saturated rings. The lowest BCUT2D eigenvalue weighted by Crippen LogP contribution is -2.51. The van der Waals surface area contributed by atoms with Crippen LogP contribution < -0.4 is 15.4 Å². The van der Waals surface area contributed by atoms with Gasteiger partial charge in [-0.1, -0.05) is 6.07 Å². The van der Waals surface area contributed by atoms with Crippen LogP contribution in [0.2, 0.25) is 0 Å². The van der Waals surface area contributed by atoms with Crippen LogP contribution in [-0.2, 0) is 14.8 Å². The third kappa shape index (κ3) is 3.24. The first-order chi connectivity index (χ1) is 11.2. The van der Waals surface area contributed by atoms with Crippen molar-refractivity contribution in [1.82, 2.24) is 4.72 Å². The molecule has 2 aromatic rings. The molecule has 1 aliphatic rings. The molecule has 1 amide bonds. The number of anilines is 2. The maximum Gasteiger partial charge on any atom is 0.262 e. The average Bonchev–Trinajstić information content (AvgIpc) is 2.44. The van der Waals surface area contributed by atoms with E-state index >= 15 is 0 Å². The highest BCUT2D eigenvalue weighted by atomic mass is 32.2. The molecule has 0 spiro atoms. The Morgan fingerprint density at radius 1 is 1.12 bits per heavy atom. The normalized spacial score (nSPS) is 18.4. The Kier molecular flexibility index (Phi) is 4.02. The fourth-order valence-electron chi connectivity index (χ4n) is 2.63. The molecule has 3 rings (SSSR count). The predicted octanol–water partition coefficient (Wildman–Crippen LogP) is 2.11. The summed E-state index contributed by atoms with van der Waals surface area (Å²) in [6.45, 7) is 3.78. The highest BCUT2D eigenvalue weighted by Crippen LogP contribution is 2.27. The lowest BCUT2D eigenvalue weighted by atomic mass is 10.1. The summed E-state index contributed by atoms with van der Waals surface area (Å²) >= 11 is 0. The van der Waals surface area contributed by atoms with Gasteiger partial charge in [0, 0.05) is 5.69 Å². The van der Waals surface area contributed by atoms with Gasteiger partial charge in [0.05, 0.1) is 5.69 Å². The first-order valence-electron chi connectivity index (χ1n) is 7.22. The number of carbonyl (C=O) groups excluding carboxylic acids is 1. The van der Waals surface area contributed by atoms with Gasteiger partial charge in [0.1, 0.15) is 10.7 Å². The number of aryl methyl sites for hydroxylation is 2. The van der Waals surface area contributed by atoms with Crippen LogP contribution in [0.15, 0.2) is 41.3 Å². The van der Waals surface area contributed by atoms with Crippen LogP contribution in [-0.4, -0.2) is 20.5 Å². The van der Waals surface area contributed by atoms with Crippen LogP contribution in [0.4, 0.5) is 15.8 Å².